The van der Waals surface area contributed by atoms with Crippen molar-refractivity contribution in [2.75, 3.05) is 17.7 Å². The number of nitrogens with zero attached hydrogens (tertiary/aromatic N) is 4. The quantitative estimate of drug-likeness (QED) is 0.0484. The van der Waals surface area contributed by atoms with Crippen LogP contribution in [0.1, 0.15) is 80.9 Å². The normalized spacial score (nSPS) is 15.1. The third-order valence-electron chi connectivity index (χ3n) is 8.98. The van der Waals surface area contributed by atoms with E-state index >= 15 is 0 Å². The van der Waals surface area contributed by atoms with Crippen LogP contribution in [0.4, 0.5) is 11.4 Å². The third-order valence-corrected chi connectivity index (χ3v) is 8.98. The number of unbranched alkanes of at least 4 members (excludes halogenated alkanes) is 2. The lowest BCUT2D eigenvalue weighted by molar-refractivity contribution is -0.136. The van der Waals surface area contributed by atoms with Crippen molar-refractivity contribution in [1.82, 2.24) is 30.7 Å². The van der Waals surface area contributed by atoms with E-state index in [2.05, 4.69) is 26.3 Å². The van der Waals surface area contributed by atoms with Gasteiger partial charge in [-0.15, -0.1) is 5.10 Å². The van der Waals surface area contributed by atoms with Crippen molar-refractivity contribution >= 4 is 46.8 Å². The largest absolute Gasteiger partial charge is 0.495 e. The number of hydrogen-bond donors (Lipinski definition) is 5. The molecule has 5 N–H and O–H groups in total. The number of methoxy groups -OCH3 is 1. The Labute approximate surface area is 308 Å². The van der Waals surface area contributed by atoms with Crippen molar-refractivity contribution in [3.63, 3.8) is 0 Å². The Morgan fingerprint density at radius 1 is 0.981 bits per heavy atom. The van der Waals surface area contributed by atoms with Gasteiger partial charge in [0.1, 0.15) is 29.8 Å². The lowest BCUT2D eigenvalue weighted by atomic mass is 10.0. The average Bonchev–Trinajstić information content (AvgIpc) is 3.74. The number of ether oxygens (including phenoxy) is 2. The summed E-state index contributed by atoms with van der Waals surface area (Å²) >= 11 is 0. The zero-order valence-electron chi connectivity index (χ0n) is 29.3. The van der Waals surface area contributed by atoms with Crippen LogP contribution in [-0.4, -0.2) is 73.7 Å². The average molecular weight is 739 g/mol. The number of aromatic nitrogens is 3. The molecule has 0 spiro atoms. The van der Waals surface area contributed by atoms with E-state index in [1.165, 1.54) is 19.2 Å². The number of fused-ring (bicyclic) bond motifs is 1. The SMILES string of the molecule is COc1cc(C(=O)NO)ccc1NCc1ccc(OCc2cn(CCCCCC(=O)Nc3cccc4c3C(=O)N(C3CCC(=O)NC3=O)C4=O)nn2)cc1. The summed E-state index contributed by atoms with van der Waals surface area (Å²) in [6.07, 6.45) is 4.12. The van der Waals surface area contributed by atoms with Crippen LogP contribution in [0.5, 0.6) is 11.5 Å². The summed E-state index contributed by atoms with van der Waals surface area (Å²) in [5, 5.41) is 25.4. The number of carbonyl (C=O) groups excluding carboxylic acids is 6. The van der Waals surface area contributed by atoms with Crippen molar-refractivity contribution in [2.24, 2.45) is 0 Å². The standard InChI is InChI=1S/C37H38N8O9/c1-53-30-18-23(34(48)42-52)11-14-27(30)38-19-22-9-12-25(13-10-22)54-21-24-20-44(43-41-24)17-4-2-3-8-31(46)39-28-7-5-6-26-33(28)37(51)45(36(26)50)29-15-16-32(47)40-35(29)49/h5-7,9-14,18,20,29,38,52H,2-4,8,15-17,19,21H2,1H3,(H,39,46)(H,42,48)(H,40,47,49). The Kier molecular flexibility index (Phi) is 11.6. The van der Waals surface area contributed by atoms with Crippen molar-refractivity contribution in [1.29, 1.82) is 0 Å². The van der Waals surface area contributed by atoms with Crippen LogP contribution in [0.25, 0.3) is 0 Å². The molecule has 1 atom stereocenters. The molecule has 0 saturated carbocycles. The number of amides is 6. The Hall–Kier alpha value is -6.62. The Morgan fingerprint density at radius 2 is 1.80 bits per heavy atom. The van der Waals surface area contributed by atoms with Crippen molar-refractivity contribution in [3.05, 3.63) is 94.8 Å². The van der Waals surface area contributed by atoms with E-state index in [-0.39, 0.29) is 54.2 Å². The zero-order chi connectivity index (χ0) is 38.2. The minimum absolute atomic E-state index is 0.0178. The number of nitrogens with one attached hydrogen (secondary N) is 4. The van der Waals surface area contributed by atoms with Crippen LogP contribution in [0.15, 0.2) is 66.9 Å². The number of hydrogen-bond acceptors (Lipinski definition) is 12. The van der Waals surface area contributed by atoms with Gasteiger partial charge in [0.05, 0.1) is 35.8 Å². The van der Waals surface area contributed by atoms with Crippen LogP contribution >= 0.6 is 0 Å². The topological polar surface area (TPSA) is 223 Å². The molecule has 3 heterocycles. The lowest BCUT2D eigenvalue weighted by Gasteiger charge is -2.27. The van der Waals surface area contributed by atoms with Crippen LogP contribution in [-0.2, 0) is 34.1 Å². The molecule has 1 saturated heterocycles. The predicted molar refractivity (Wildman–Crippen MR) is 191 cm³/mol. The van der Waals surface area contributed by atoms with Gasteiger partial charge in [0.2, 0.25) is 17.7 Å². The van der Waals surface area contributed by atoms with E-state index in [0.29, 0.717) is 42.4 Å². The molecule has 54 heavy (non-hydrogen) atoms. The van der Waals surface area contributed by atoms with Gasteiger partial charge in [0, 0.05) is 31.5 Å². The first-order valence-corrected chi connectivity index (χ1v) is 17.3. The fraction of sp³-hybridized carbons (Fsp3) is 0.297. The summed E-state index contributed by atoms with van der Waals surface area (Å²) in [4.78, 5) is 75.5. The molecule has 3 aromatic carbocycles. The molecule has 2 aliphatic heterocycles. The molecule has 0 radical (unpaired) electrons. The van der Waals surface area contributed by atoms with E-state index in [1.54, 1.807) is 40.6 Å². The second kappa shape index (κ2) is 16.8. The first-order chi connectivity index (χ1) is 26.1. The molecule has 0 bridgehead atoms. The van der Waals surface area contributed by atoms with Gasteiger partial charge in [-0.2, -0.15) is 0 Å². The van der Waals surface area contributed by atoms with Crippen LogP contribution < -0.4 is 30.9 Å². The maximum atomic E-state index is 13.3. The van der Waals surface area contributed by atoms with Crippen molar-refractivity contribution < 1.29 is 43.4 Å². The fourth-order valence-electron chi connectivity index (χ4n) is 6.18. The van der Waals surface area contributed by atoms with E-state index < -0.39 is 35.6 Å². The number of benzene rings is 3. The monoisotopic (exact) mass is 738 g/mol. The number of anilines is 2. The fourth-order valence-corrected chi connectivity index (χ4v) is 6.18. The van der Waals surface area contributed by atoms with Crippen LogP contribution in [0.3, 0.4) is 0 Å². The lowest BCUT2D eigenvalue weighted by Crippen LogP contribution is -2.54. The molecule has 6 rings (SSSR count). The van der Waals surface area contributed by atoms with Crippen molar-refractivity contribution in [3.8, 4) is 11.5 Å². The highest BCUT2D eigenvalue weighted by molar-refractivity contribution is 6.26. The van der Waals surface area contributed by atoms with Gasteiger partial charge in [-0.05, 0) is 67.3 Å². The molecular weight excluding hydrogens is 700 g/mol. The first-order valence-electron chi connectivity index (χ1n) is 17.3. The van der Waals surface area contributed by atoms with Crippen LogP contribution in [0.2, 0.25) is 0 Å². The molecule has 0 aliphatic carbocycles. The summed E-state index contributed by atoms with van der Waals surface area (Å²) in [7, 11) is 1.50. The number of carbonyl (C=O) groups is 6. The molecule has 17 nitrogen and oxygen atoms in total. The maximum absolute atomic E-state index is 13.3. The first kappa shape index (κ1) is 37.1. The molecule has 6 amide bonds. The van der Waals surface area contributed by atoms with Crippen LogP contribution in [0, 0.1) is 0 Å². The second-order valence-electron chi connectivity index (χ2n) is 12.6. The summed E-state index contributed by atoms with van der Waals surface area (Å²) < 4.78 is 13.0. The summed E-state index contributed by atoms with van der Waals surface area (Å²) in [6, 6.07) is 15.8. The highest BCUT2D eigenvalue weighted by Gasteiger charge is 2.45. The number of hydroxylamine groups is 1. The number of aryl methyl sites for hydroxylation is 1. The van der Waals surface area contributed by atoms with E-state index in [1.807, 2.05) is 24.3 Å². The number of imide groups is 2. The van der Waals surface area contributed by atoms with Gasteiger partial charge >= 0.3 is 0 Å². The molecular formula is C37H38N8O9. The van der Waals surface area contributed by atoms with Gasteiger partial charge in [0.25, 0.3) is 17.7 Å². The second-order valence-corrected chi connectivity index (χ2v) is 12.6. The third kappa shape index (κ3) is 8.53. The van der Waals surface area contributed by atoms with E-state index in [0.717, 1.165) is 23.3 Å². The molecule has 280 valence electrons. The minimum Gasteiger partial charge on any atom is -0.495 e. The molecule has 4 aromatic rings. The highest BCUT2D eigenvalue weighted by Crippen LogP contribution is 2.32. The summed E-state index contributed by atoms with van der Waals surface area (Å²) in [6.45, 7) is 1.31. The van der Waals surface area contributed by atoms with Gasteiger partial charge in [-0.3, -0.25) is 48.9 Å². The molecule has 1 aromatic heterocycles. The van der Waals surface area contributed by atoms with E-state index in [9.17, 15) is 28.8 Å². The molecule has 2 aliphatic rings. The summed E-state index contributed by atoms with van der Waals surface area (Å²) in [5.74, 6) is -2.29. The van der Waals surface area contributed by atoms with Gasteiger partial charge in [-0.25, -0.2) is 5.48 Å². The Balaban J connectivity index is 0.900. The van der Waals surface area contributed by atoms with Gasteiger partial charge < -0.3 is 20.1 Å². The smallest absolute Gasteiger partial charge is 0.274 e. The highest BCUT2D eigenvalue weighted by atomic mass is 16.5. The Bertz CT molecular complexity index is 2080. The number of piperidine rings is 1. The Morgan fingerprint density at radius 3 is 2.56 bits per heavy atom. The molecule has 1 unspecified atom stereocenters. The minimum atomic E-state index is -1.09. The van der Waals surface area contributed by atoms with E-state index in [4.69, 9.17) is 14.7 Å². The number of rotatable bonds is 16. The van der Waals surface area contributed by atoms with Gasteiger partial charge in [0.15, 0.2) is 0 Å². The summed E-state index contributed by atoms with van der Waals surface area (Å²) in [5.41, 5.74) is 4.53. The predicted octanol–water partition coefficient (Wildman–Crippen LogP) is 3.20. The molecule has 17 heteroatoms. The molecule has 1 fully saturated rings. The van der Waals surface area contributed by atoms with Crippen molar-refractivity contribution in [2.45, 2.75) is 64.3 Å². The zero-order valence-corrected chi connectivity index (χ0v) is 29.3. The maximum Gasteiger partial charge on any atom is 0.274 e. The van der Waals surface area contributed by atoms with Gasteiger partial charge in [-0.1, -0.05) is 29.8 Å².